The van der Waals surface area contributed by atoms with Gasteiger partial charge in [0.25, 0.3) is 11.8 Å². The number of fused-ring (bicyclic) bond motifs is 3. The number of rotatable bonds is 8. The monoisotopic (exact) mass is 767 g/mol. The molecule has 56 heavy (non-hydrogen) atoms. The van der Waals surface area contributed by atoms with Crippen molar-refractivity contribution in [3.8, 4) is 5.75 Å². The molecule has 4 aliphatic heterocycles. The van der Waals surface area contributed by atoms with Gasteiger partial charge in [-0.1, -0.05) is 67.6 Å². The van der Waals surface area contributed by atoms with E-state index in [9.17, 15) is 19.5 Å². The van der Waals surface area contributed by atoms with Crippen LogP contribution in [0.3, 0.4) is 0 Å². The molecule has 5 aromatic rings. The predicted molar refractivity (Wildman–Crippen MR) is 216 cm³/mol. The number of nitrogens with zero attached hydrogens (tertiary/aromatic N) is 3. The van der Waals surface area contributed by atoms with Gasteiger partial charge < -0.3 is 29.2 Å². The van der Waals surface area contributed by atoms with E-state index in [0.717, 1.165) is 33.2 Å². The lowest BCUT2D eigenvalue weighted by Gasteiger charge is -2.37. The summed E-state index contributed by atoms with van der Waals surface area (Å²) in [4.78, 5) is 60.3. The fraction of sp³-hybridized carbons (Fsp3) is 0.311. The molecular formula is C45H45N3O7Si. The maximum Gasteiger partial charge on any atom is 0.264 e. The zero-order valence-electron chi connectivity index (χ0n) is 31.9. The topological polar surface area (TPSA) is 120 Å². The standard InChI is InChI=1S/C45H45N3O7Si/c1-27-42(56(3,4)53)39(23-40(50)46-25-31-12-6-5-11-30(31)21-33(46)26-49)55-45(27)36-22-34(54-2)18-19-37(36)47(44(45)52)24-28-10-7-15-32(20-28)48-38-17-9-14-29-13-8-16-35(41(29)38)43(48)51/h5-20,22,27,33,39,42,49,53H,21,23-26H2,1-4H3/t27-,33-,39+,42-,45+/m0/s1. The van der Waals surface area contributed by atoms with E-state index in [2.05, 4.69) is 0 Å². The van der Waals surface area contributed by atoms with Crippen molar-refractivity contribution in [2.75, 3.05) is 23.5 Å². The van der Waals surface area contributed by atoms with Crippen LogP contribution in [-0.4, -0.2) is 66.7 Å². The van der Waals surface area contributed by atoms with Gasteiger partial charge in [-0.3, -0.25) is 19.3 Å². The number of anilines is 3. The van der Waals surface area contributed by atoms with E-state index in [1.165, 1.54) is 0 Å². The van der Waals surface area contributed by atoms with Crippen molar-refractivity contribution < 1.29 is 33.8 Å². The summed E-state index contributed by atoms with van der Waals surface area (Å²) >= 11 is 0. The predicted octanol–water partition coefficient (Wildman–Crippen LogP) is 6.82. The van der Waals surface area contributed by atoms with Gasteiger partial charge in [-0.05, 0) is 84.1 Å². The Bertz CT molecular complexity index is 2420. The van der Waals surface area contributed by atoms with Gasteiger partial charge in [0.05, 0.1) is 55.8 Å². The van der Waals surface area contributed by atoms with Crippen molar-refractivity contribution >= 4 is 53.9 Å². The molecule has 1 spiro atoms. The Morgan fingerprint density at radius 2 is 1.68 bits per heavy atom. The Balaban J connectivity index is 1.05. The van der Waals surface area contributed by atoms with E-state index in [0.29, 0.717) is 41.2 Å². The van der Waals surface area contributed by atoms with Gasteiger partial charge in [-0.15, -0.1) is 0 Å². The highest BCUT2D eigenvalue weighted by Crippen LogP contribution is 2.60. The number of hydrogen-bond acceptors (Lipinski definition) is 7. The summed E-state index contributed by atoms with van der Waals surface area (Å²) in [6.07, 6.45) is -0.248. The van der Waals surface area contributed by atoms with Gasteiger partial charge in [0.15, 0.2) is 13.9 Å². The number of aliphatic hydroxyl groups is 1. The molecule has 0 aromatic heterocycles. The van der Waals surface area contributed by atoms with Crippen LogP contribution in [0.15, 0.2) is 103 Å². The van der Waals surface area contributed by atoms with Gasteiger partial charge in [-0.25, -0.2) is 0 Å². The molecule has 1 fully saturated rings. The quantitative estimate of drug-likeness (QED) is 0.166. The van der Waals surface area contributed by atoms with E-state index in [1.807, 2.05) is 123 Å². The van der Waals surface area contributed by atoms with E-state index < -0.39 is 31.5 Å². The second kappa shape index (κ2) is 13.4. The number of aliphatic hydroxyl groups excluding tert-OH is 1. The third-order valence-corrected chi connectivity index (χ3v) is 15.0. The third-order valence-electron chi connectivity index (χ3n) is 12.5. The first-order valence-electron chi connectivity index (χ1n) is 19.3. The Labute approximate surface area is 327 Å². The van der Waals surface area contributed by atoms with Crippen LogP contribution >= 0.6 is 0 Å². The van der Waals surface area contributed by atoms with E-state index in [4.69, 9.17) is 9.47 Å². The lowest BCUT2D eigenvalue weighted by Crippen LogP contribution is -2.48. The molecule has 4 aliphatic rings. The maximum absolute atomic E-state index is 15.2. The van der Waals surface area contributed by atoms with Gasteiger partial charge in [-0.2, -0.15) is 0 Å². The number of methoxy groups -OCH3 is 1. The molecule has 0 bridgehead atoms. The van der Waals surface area contributed by atoms with Crippen molar-refractivity contribution in [1.82, 2.24) is 4.90 Å². The number of carbonyl (C=O) groups excluding carboxylic acids is 3. The van der Waals surface area contributed by atoms with E-state index >= 15 is 4.79 Å². The maximum atomic E-state index is 15.2. The Morgan fingerprint density at radius 1 is 0.929 bits per heavy atom. The largest absolute Gasteiger partial charge is 0.497 e. The number of carbonyl (C=O) groups is 3. The summed E-state index contributed by atoms with van der Waals surface area (Å²) in [6.45, 7) is 6.03. The molecule has 5 atom stereocenters. The van der Waals surface area contributed by atoms with Gasteiger partial charge in [0.2, 0.25) is 5.91 Å². The summed E-state index contributed by atoms with van der Waals surface area (Å²) in [5.74, 6) is -0.483. The van der Waals surface area contributed by atoms with Crippen LogP contribution < -0.4 is 14.5 Å². The molecule has 286 valence electrons. The molecule has 0 aliphatic carbocycles. The molecule has 1 saturated heterocycles. The fourth-order valence-corrected chi connectivity index (χ4v) is 12.6. The first kappa shape index (κ1) is 36.3. The molecule has 11 heteroatoms. The normalized spacial score (nSPS) is 24.0. The van der Waals surface area contributed by atoms with Crippen LogP contribution in [0.2, 0.25) is 18.6 Å². The Kier molecular flexibility index (Phi) is 8.69. The fourth-order valence-electron chi connectivity index (χ4n) is 10.0. The van der Waals surface area contributed by atoms with Crippen molar-refractivity contribution in [1.29, 1.82) is 0 Å². The summed E-state index contributed by atoms with van der Waals surface area (Å²) in [6, 6.07) is 32.5. The van der Waals surface area contributed by atoms with Crippen LogP contribution in [0.4, 0.5) is 17.1 Å². The van der Waals surface area contributed by atoms with Crippen LogP contribution in [-0.2, 0) is 39.4 Å². The average molecular weight is 768 g/mol. The zero-order valence-corrected chi connectivity index (χ0v) is 32.9. The van der Waals surface area contributed by atoms with E-state index in [1.54, 1.807) is 21.8 Å². The summed E-state index contributed by atoms with van der Waals surface area (Å²) in [5.41, 5.74) is 4.50. The van der Waals surface area contributed by atoms with Crippen LogP contribution in [0.5, 0.6) is 5.75 Å². The third kappa shape index (κ3) is 5.51. The minimum atomic E-state index is -3.07. The highest BCUT2D eigenvalue weighted by Gasteiger charge is 2.66. The molecule has 9 rings (SSSR count). The number of benzene rings is 5. The van der Waals surface area contributed by atoms with Crippen molar-refractivity contribution in [2.45, 2.75) is 69.2 Å². The number of amides is 3. The van der Waals surface area contributed by atoms with Gasteiger partial charge >= 0.3 is 0 Å². The molecule has 5 aromatic carbocycles. The lowest BCUT2D eigenvalue weighted by atomic mass is 9.82. The molecule has 2 N–H and O–H groups in total. The first-order chi connectivity index (χ1) is 26.9. The summed E-state index contributed by atoms with van der Waals surface area (Å²) in [5, 5.41) is 12.3. The van der Waals surface area contributed by atoms with Crippen molar-refractivity contribution in [3.63, 3.8) is 0 Å². The minimum absolute atomic E-state index is 0.0416. The van der Waals surface area contributed by atoms with Crippen molar-refractivity contribution in [2.24, 2.45) is 5.92 Å². The molecule has 0 unspecified atom stereocenters. The SMILES string of the molecule is COc1ccc2c(c1)[C@@]1(O[C@H](CC(=O)N3Cc4ccccc4C[C@H]3CO)[C@@H]([Si](C)(C)O)[C@@H]1C)C(=O)N2Cc1cccc(N2C(=O)c3cccc4cccc2c34)c1. The highest BCUT2D eigenvalue weighted by atomic mass is 28.4. The van der Waals surface area contributed by atoms with E-state index in [-0.39, 0.29) is 43.3 Å². The number of ether oxygens (including phenoxy) is 2. The molecule has 3 amide bonds. The lowest BCUT2D eigenvalue weighted by molar-refractivity contribution is -0.151. The van der Waals surface area contributed by atoms with Gasteiger partial charge in [0, 0.05) is 34.6 Å². The molecule has 0 radical (unpaired) electrons. The zero-order chi connectivity index (χ0) is 39.1. The average Bonchev–Trinajstić information content (AvgIpc) is 3.75. The van der Waals surface area contributed by atoms with Crippen LogP contribution in [0.25, 0.3) is 10.8 Å². The van der Waals surface area contributed by atoms with Crippen LogP contribution in [0, 0.1) is 5.92 Å². The second-order valence-corrected chi connectivity index (χ2v) is 20.1. The molecule has 4 heterocycles. The smallest absolute Gasteiger partial charge is 0.264 e. The minimum Gasteiger partial charge on any atom is -0.497 e. The second-order valence-electron chi connectivity index (χ2n) is 16.2. The Morgan fingerprint density at radius 3 is 2.43 bits per heavy atom. The first-order valence-corrected chi connectivity index (χ1v) is 22.3. The highest BCUT2D eigenvalue weighted by molar-refractivity contribution is 6.71. The summed E-state index contributed by atoms with van der Waals surface area (Å²) < 4.78 is 12.7. The number of hydrogen-bond donors (Lipinski definition) is 2. The van der Waals surface area contributed by atoms with Gasteiger partial charge in [0.1, 0.15) is 5.75 Å². The molecule has 10 nitrogen and oxygen atoms in total. The molecular weight excluding hydrogens is 723 g/mol. The Hall–Kier alpha value is -5.33. The van der Waals surface area contributed by atoms with Crippen LogP contribution in [0.1, 0.15) is 46.0 Å². The summed E-state index contributed by atoms with van der Waals surface area (Å²) in [7, 11) is -1.49. The van der Waals surface area contributed by atoms with Crippen molar-refractivity contribution in [3.05, 3.63) is 131 Å². The molecule has 0 saturated carbocycles.